The number of hydrogen-bond acceptors (Lipinski definition) is 5. The molecule has 184 valence electrons. The third-order valence-electron chi connectivity index (χ3n) is 6.87. The number of rotatable bonds is 5. The monoisotopic (exact) mass is 466 g/mol. The Morgan fingerprint density at radius 3 is 1.97 bits per heavy atom. The molecule has 2 aromatic carbocycles. The summed E-state index contributed by atoms with van der Waals surface area (Å²) in [5, 5.41) is 0. The predicted octanol–water partition coefficient (Wildman–Crippen LogP) is 5.61. The lowest BCUT2D eigenvalue weighted by atomic mass is 9.71. The topological polar surface area (TPSA) is 54.0 Å². The third-order valence-corrected chi connectivity index (χ3v) is 6.87. The van der Waals surface area contributed by atoms with E-state index in [1.807, 2.05) is 55.4 Å². The molecule has 1 saturated heterocycles. The summed E-state index contributed by atoms with van der Waals surface area (Å²) in [6.07, 6.45) is -0.901. The van der Waals surface area contributed by atoms with Gasteiger partial charge >= 0.3 is 13.1 Å². The van der Waals surface area contributed by atoms with Gasteiger partial charge in [-0.25, -0.2) is 4.79 Å². The van der Waals surface area contributed by atoms with Crippen molar-refractivity contribution in [2.75, 3.05) is 7.11 Å². The molecule has 1 fully saturated rings. The molecule has 2 aromatic rings. The van der Waals surface area contributed by atoms with Crippen molar-refractivity contribution in [3.63, 3.8) is 0 Å². The lowest BCUT2D eigenvalue weighted by Gasteiger charge is -2.32. The van der Waals surface area contributed by atoms with Crippen LogP contribution in [0.3, 0.4) is 0 Å². The standard InChI is InChI=1S/C28H39BO5/c1-17-12-14-20(15-13-17)22-18(2)16-21(29-33-27(7,8)28(9,10)34-29)19(3)23(22)24(25(30)31-11)32-26(4,5)6/h12-16,24H,1-11H3/t24-/m0/s1. The van der Waals surface area contributed by atoms with E-state index in [0.29, 0.717) is 0 Å². The number of esters is 1. The molecular formula is C28H39BO5. The smallest absolute Gasteiger partial charge is 0.467 e. The quantitative estimate of drug-likeness (QED) is 0.424. The Bertz CT molecular complexity index is 1050. The van der Waals surface area contributed by atoms with Crippen LogP contribution in [0, 0.1) is 20.8 Å². The molecule has 0 N–H and O–H groups in total. The first-order valence-electron chi connectivity index (χ1n) is 11.9. The number of hydrogen-bond donors (Lipinski definition) is 0. The van der Waals surface area contributed by atoms with Gasteiger partial charge in [0.25, 0.3) is 0 Å². The number of methoxy groups -OCH3 is 1. The van der Waals surface area contributed by atoms with E-state index >= 15 is 0 Å². The van der Waals surface area contributed by atoms with Crippen molar-refractivity contribution >= 4 is 18.6 Å². The first-order chi connectivity index (χ1) is 15.6. The van der Waals surface area contributed by atoms with E-state index in [4.69, 9.17) is 18.8 Å². The van der Waals surface area contributed by atoms with Gasteiger partial charge in [0.05, 0.1) is 23.9 Å². The normalized spacial score (nSPS) is 18.1. The first-order valence-corrected chi connectivity index (χ1v) is 11.9. The Hall–Kier alpha value is -2.15. The molecule has 0 aliphatic carbocycles. The molecule has 1 aliphatic rings. The molecule has 0 aromatic heterocycles. The molecule has 1 heterocycles. The summed E-state index contributed by atoms with van der Waals surface area (Å²) < 4.78 is 24.3. The summed E-state index contributed by atoms with van der Waals surface area (Å²) in [7, 11) is 0.843. The van der Waals surface area contributed by atoms with E-state index in [2.05, 4.69) is 44.2 Å². The summed E-state index contributed by atoms with van der Waals surface area (Å²) in [6, 6.07) is 10.4. The Morgan fingerprint density at radius 2 is 1.50 bits per heavy atom. The molecule has 0 radical (unpaired) electrons. The number of carbonyl (C=O) groups is 1. The van der Waals surface area contributed by atoms with E-state index in [1.54, 1.807) is 0 Å². The first kappa shape index (κ1) is 26.5. The summed E-state index contributed by atoms with van der Waals surface area (Å²) in [5.74, 6) is -0.433. The van der Waals surface area contributed by atoms with Crippen LogP contribution in [0.2, 0.25) is 0 Å². The molecular weight excluding hydrogens is 427 g/mol. The number of benzene rings is 2. The highest BCUT2D eigenvalue weighted by molar-refractivity contribution is 6.62. The van der Waals surface area contributed by atoms with Crippen molar-refractivity contribution in [3.05, 3.63) is 52.6 Å². The Balaban J connectivity index is 2.30. The van der Waals surface area contributed by atoms with Crippen LogP contribution < -0.4 is 5.46 Å². The summed E-state index contributed by atoms with van der Waals surface area (Å²) >= 11 is 0. The van der Waals surface area contributed by atoms with Crippen LogP contribution in [0.4, 0.5) is 0 Å². The number of ether oxygens (including phenoxy) is 2. The van der Waals surface area contributed by atoms with Crippen LogP contribution in [0.5, 0.6) is 0 Å². The largest absolute Gasteiger partial charge is 0.495 e. The SMILES string of the molecule is COC(=O)[C@@H](OC(C)(C)C)c1c(C)c(B2OC(C)(C)C(C)(C)O2)cc(C)c1-c1ccc(C)cc1. The van der Waals surface area contributed by atoms with E-state index in [-0.39, 0.29) is 0 Å². The van der Waals surface area contributed by atoms with Crippen molar-refractivity contribution in [2.24, 2.45) is 0 Å². The molecule has 5 nitrogen and oxygen atoms in total. The molecule has 6 heteroatoms. The van der Waals surface area contributed by atoms with E-state index in [1.165, 1.54) is 12.7 Å². The minimum atomic E-state index is -0.901. The average molecular weight is 466 g/mol. The van der Waals surface area contributed by atoms with Gasteiger partial charge in [-0.1, -0.05) is 35.9 Å². The van der Waals surface area contributed by atoms with Gasteiger partial charge in [0.15, 0.2) is 6.10 Å². The predicted molar refractivity (Wildman–Crippen MR) is 137 cm³/mol. The molecule has 1 aliphatic heterocycles. The minimum Gasteiger partial charge on any atom is -0.467 e. The molecule has 0 amide bonds. The molecule has 3 rings (SSSR count). The van der Waals surface area contributed by atoms with Gasteiger partial charge in [-0.05, 0) is 97.0 Å². The van der Waals surface area contributed by atoms with Crippen LogP contribution >= 0.6 is 0 Å². The van der Waals surface area contributed by atoms with Crippen LogP contribution in [-0.2, 0) is 23.6 Å². The molecule has 0 saturated carbocycles. The van der Waals surface area contributed by atoms with Gasteiger partial charge in [0.2, 0.25) is 0 Å². The lowest BCUT2D eigenvalue weighted by Crippen LogP contribution is -2.41. The number of aryl methyl sites for hydroxylation is 2. The summed E-state index contributed by atoms with van der Waals surface area (Å²) in [6.45, 7) is 20.1. The van der Waals surface area contributed by atoms with Crippen LogP contribution in [0.1, 0.15) is 76.8 Å². The van der Waals surface area contributed by atoms with Gasteiger partial charge < -0.3 is 18.8 Å². The fraction of sp³-hybridized carbons (Fsp3) is 0.536. The van der Waals surface area contributed by atoms with E-state index in [9.17, 15) is 4.79 Å². The maximum absolute atomic E-state index is 13.1. The molecule has 1 atom stereocenters. The van der Waals surface area contributed by atoms with Crippen LogP contribution in [0.25, 0.3) is 11.1 Å². The Labute approximate surface area is 205 Å². The fourth-order valence-corrected chi connectivity index (χ4v) is 4.30. The Morgan fingerprint density at radius 1 is 0.971 bits per heavy atom. The van der Waals surface area contributed by atoms with Crippen LogP contribution in [0.15, 0.2) is 30.3 Å². The minimum absolute atomic E-state index is 0.433. The molecule has 34 heavy (non-hydrogen) atoms. The maximum Gasteiger partial charge on any atom is 0.495 e. The average Bonchev–Trinajstić information content (AvgIpc) is 2.94. The van der Waals surface area contributed by atoms with Gasteiger partial charge in [-0.3, -0.25) is 0 Å². The van der Waals surface area contributed by atoms with Gasteiger partial charge in [0, 0.05) is 5.56 Å². The Kier molecular flexibility index (Phi) is 7.11. The molecule has 0 bridgehead atoms. The van der Waals surface area contributed by atoms with E-state index < -0.39 is 36.0 Å². The fourth-order valence-electron chi connectivity index (χ4n) is 4.30. The molecule has 0 spiro atoms. The van der Waals surface area contributed by atoms with Gasteiger partial charge in [-0.15, -0.1) is 0 Å². The van der Waals surface area contributed by atoms with Crippen molar-refractivity contribution in [1.29, 1.82) is 0 Å². The van der Waals surface area contributed by atoms with Crippen molar-refractivity contribution in [1.82, 2.24) is 0 Å². The third kappa shape index (κ3) is 5.09. The summed E-state index contributed by atoms with van der Waals surface area (Å²) in [5.41, 5.74) is 5.25. The maximum atomic E-state index is 13.1. The highest BCUT2D eigenvalue weighted by atomic mass is 16.7. The molecule has 0 unspecified atom stereocenters. The van der Waals surface area contributed by atoms with Gasteiger partial charge in [-0.2, -0.15) is 0 Å². The lowest BCUT2D eigenvalue weighted by molar-refractivity contribution is -0.164. The number of carbonyl (C=O) groups excluding carboxylic acids is 1. The van der Waals surface area contributed by atoms with E-state index in [0.717, 1.165) is 33.3 Å². The zero-order valence-electron chi connectivity index (χ0n) is 22.6. The highest BCUT2D eigenvalue weighted by Crippen LogP contribution is 2.40. The van der Waals surface area contributed by atoms with Crippen molar-refractivity contribution in [3.8, 4) is 11.1 Å². The zero-order valence-corrected chi connectivity index (χ0v) is 22.6. The highest BCUT2D eigenvalue weighted by Gasteiger charge is 2.52. The second kappa shape index (κ2) is 9.14. The second-order valence-corrected chi connectivity index (χ2v) is 11.3. The zero-order chi connectivity index (χ0) is 25.6. The van der Waals surface area contributed by atoms with Crippen molar-refractivity contribution < 1.29 is 23.6 Å². The second-order valence-electron chi connectivity index (χ2n) is 11.3. The van der Waals surface area contributed by atoms with Crippen LogP contribution in [-0.4, -0.2) is 37.0 Å². The van der Waals surface area contributed by atoms with Gasteiger partial charge in [0.1, 0.15) is 0 Å². The van der Waals surface area contributed by atoms with Crippen molar-refractivity contribution in [2.45, 2.75) is 92.1 Å². The summed E-state index contributed by atoms with van der Waals surface area (Å²) in [4.78, 5) is 13.1.